The van der Waals surface area contributed by atoms with E-state index in [0.717, 1.165) is 43.1 Å². The normalized spacial score (nSPS) is 23.3. The molecule has 0 N–H and O–H groups in total. The molecule has 4 nitrogen and oxygen atoms in total. The lowest BCUT2D eigenvalue weighted by molar-refractivity contribution is 0.0183. The number of hydrogen-bond donors (Lipinski definition) is 0. The quantitative estimate of drug-likeness (QED) is 0.690. The van der Waals surface area contributed by atoms with Crippen molar-refractivity contribution in [2.75, 3.05) is 18.5 Å². The molecule has 0 unspecified atom stereocenters. The second kappa shape index (κ2) is 7.18. The van der Waals surface area contributed by atoms with Gasteiger partial charge in [-0.2, -0.15) is 0 Å². The van der Waals surface area contributed by atoms with Crippen LogP contribution in [0.3, 0.4) is 0 Å². The Balaban J connectivity index is 1.57. The zero-order valence-electron chi connectivity index (χ0n) is 15.7. The van der Waals surface area contributed by atoms with Gasteiger partial charge in [0.25, 0.3) is 0 Å². The monoisotopic (exact) mass is 408 g/mol. The van der Waals surface area contributed by atoms with Gasteiger partial charge in [-0.05, 0) is 76.6 Å². The zero-order chi connectivity index (χ0) is 18.2. The van der Waals surface area contributed by atoms with E-state index >= 15 is 0 Å². The van der Waals surface area contributed by atoms with Crippen molar-refractivity contribution in [2.45, 2.75) is 70.6 Å². The molecule has 1 aliphatic heterocycles. The van der Waals surface area contributed by atoms with Crippen molar-refractivity contribution < 1.29 is 9.53 Å². The van der Waals surface area contributed by atoms with Gasteiger partial charge in [0.1, 0.15) is 5.60 Å². The summed E-state index contributed by atoms with van der Waals surface area (Å²) in [5, 5.41) is 0. The molecule has 1 heterocycles. The maximum absolute atomic E-state index is 12.3. The Morgan fingerprint density at radius 2 is 1.92 bits per heavy atom. The van der Waals surface area contributed by atoms with Crippen LogP contribution in [-0.4, -0.2) is 42.3 Å². The molecule has 5 heteroatoms. The fourth-order valence-electron chi connectivity index (χ4n) is 4.02. The second-order valence-electron chi connectivity index (χ2n) is 8.27. The van der Waals surface area contributed by atoms with Crippen molar-refractivity contribution in [3.8, 4) is 0 Å². The zero-order valence-corrected chi connectivity index (χ0v) is 17.3. The van der Waals surface area contributed by atoms with Crippen molar-refractivity contribution >= 4 is 27.7 Å². The van der Waals surface area contributed by atoms with Crippen LogP contribution in [0, 0.1) is 0 Å². The van der Waals surface area contributed by atoms with Crippen LogP contribution in [0.15, 0.2) is 22.7 Å². The molecule has 0 saturated heterocycles. The van der Waals surface area contributed by atoms with Crippen LogP contribution in [0.1, 0.15) is 52.0 Å². The van der Waals surface area contributed by atoms with Crippen molar-refractivity contribution in [2.24, 2.45) is 0 Å². The first-order valence-corrected chi connectivity index (χ1v) is 10.0. The van der Waals surface area contributed by atoms with Crippen molar-refractivity contribution in [3.05, 3.63) is 28.2 Å². The summed E-state index contributed by atoms with van der Waals surface area (Å²) in [7, 11) is 1.88. The Kier molecular flexibility index (Phi) is 5.33. The molecule has 3 rings (SSSR count). The van der Waals surface area contributed by atoms with Gasteiger partial charge in [0.05, 0.1) is 0 Å². The molecule has 1 aromatic carbocycles. The Bertz CT molecular complexity index is 633. The van der Waals surface area contributed by atoms with E-state index in [2.05, 4.69) is 39.0 Å². The number of nitrogens with zero attached hydrogens (tertiary/aromatic N) is 2. The maximum atomic E-state index is 12.3. The smallest absolute Gasteiger partial charge is 0.410 e. The minimum Gasteiger partial charge on any atom is -0.444 e. The van der Waals surface area contributed by atoms with Gasteiger partial charge in [-0.1, -0.05) is 15.9 Å². The lowest BCUT2D eigenvalue weighted by Crippen LogP contribution is -2.45. The van der Waals surface area contributed by atoms with E-state index in [1.54, 1.807) is 4.90 Å². The van der Waals surface area contributed by atoms with E-state index < -0.39 is 5.60 Å². The predicted molar refractivity (Wildman–Crippen MR) is 105 cm³/mol. The predicted octanol–water partition coefficient (Wildman–Crippen LogP) is 4.99. The Hall–Kier alpha value is -1.23. The van der Waals surface area contributed by atoms with Gasteiger partial charge in [0, 0.05) is 35.8 Å². The second-order valence-corrected chi connectivity index (χ2v) is 9.19. The maximum Gasteiger partial charge on any atom is 0.410 e. The number of benzene rings is 1. The summed E-state index contributed by atoms with van der Waals surface area (Å²) < 4.78 is 6.67. The summed E-state index contributed by atoms with van der Waals surface area (Å²) in [6.45, 7) is 6.86. The molecule has 0 atom stereocenters. The van der Waals surface area contributed by atoms with Crippen LogP contribution in [0.2, 0.25) is 0 Å². The lowest BCUT2D eigenvalue weighted by atomic mass is 9.89. The summed E-state index contributed by atoms with van der Waals surface area (Å²) in [6.07, 6.45) is 5.28. The summed E-state index contributed by atoms with van der Waals surface area (Å²) in [4.78, 5) is 16.7. The minimum atomic E-state index is -0.434. The molecule has 1 fully saturated rings. The van der Waals surface area contributed by atoms with E-state index in [4.69, 9.17) is 4.74 Å². The van der Waals surface area contributed by atoms with Gasteiger partial charge >= 0.3 is 6.09 Å². The van der Waals surface area contributed by atoms with Crippen molar-refractivity contribution in [3.63, 3.8) is 0 Å². The SMILES string of the molecule is CN(C(=O)OC(C)(C)C)C1CCC(N2CCc3cc(Br)ccc32)CC1. The molecule has 0 bridgehead atoms. The molecule has 1 amide bonds. The van der Waals surface area contributed by atoms with Crippen LogP contribution in [-0.2, 0) is 11.2 Å². The molecule has 0 spiro atoms. The van der Waals surface area contributed by atoms with Gasteiger partial charge in [-0.25, -0.2) is 4.79 Å². The van der Waals surface area contributed by atoms with E-state index in [1.165, 1.54) is 11.3 Å². The standard InChI is InChI=1S/C20H29BrN2O2/c1-20(2,3)25-19(24)22(4)16-6-8-17(9-7-16)23-12-11-14-13-15(21)5-10-18(14)23/h5,10,13,16-17H,6-9,11-12H2,1-4H3. The molecular formula is C20H29BrN2O2. The first-order chi connectivity index (χ1) is 11.7. The number of anilines is 1. The molecule has 138 valence electrons. The molecule has 0 radical (unpaired) electrons. The third-order valence-corrected chi connectivity index (χ3v) is 5.80. The van der Waals surface area contributed by atoms with E-state index in [-0.39, 0.29) is 12.1 Å². The van der Waals surface area contributed by atoms with Gasteiger partial charge in [-0.3, -0.25) is 0 Å². The highest BCUT2D eigenvalue weighted by molar-refractivity contribution is 9.10. The molecule has 1 aromatic rings. The van der Waals surface area contributed by atoms with Crippen LogP contribution < -0.4 is 4.90 Å². The highest BCUT2D eigenvalue weighted by atomic mass is 79.9. The number of rotatable bonds is 2. The average molecular weight is 409 g/mol. The third-order valence-electron chi connectivity index (χ3n) is 5.31. The highest BCUT2D eigenvalue weighted by Gasteiger charge is 2.33. The molecule has 2 aliphatic rings. The average Bonchev–Trinajstić information content (AvgIpc) is 2.95. The van der Waals surface area contributed by atoms with Crippen LogP contribution in [0.25, 0.3) is 0 Å². The fraction of sp³-hybridized carbons (Fsp3) is 0.650. The third kappa shape index (κ3) is 4.30. The van der Waals surface area contributed by atoms with E-state index in [1.807, 2.05) is 27.8 Å². The largest absolute Gasteiger partial charge is 0.444 e. The number of ether oxygens (including phenoxy) is 1. The van der Waals surface area contributed by atoms with Gasteiger partial charge in [0.2, 0.25) is 0 Å². The van der Waals surface area contributed by atoms with Gasteiger partial charge in [0.15, 0.2) is 0 Å². The highest BCUT2D eigenvalue weighted by Crippen LogP contribution is 2.36. The van der Waals surface area contributed by atoms with E-state index in [9.17, 15) is 4.79 Å². The van der Waals surface area contributed by atoms with Gasteiger partial charge < -0.3 is 14.5 Å². The molecule has 25 heavy (non-hydrogen) atoms. The lowest BCUT2D eigenvalue weighted by Gasteiger charge is -2.39. The number of halogens is 1. The minimum absolute atomic E-state index is 0.202. The van der Waals surface area contributed by atoms with Crippen LogP contribution >= 0.6 is 15.9 Å². The van der Waals surface area contributed by atoms with E-state index in [0.29, 0.717) is 6.04 Å². The Morgan fingerprint density at radius 3 is 2.56 bits per heavy atom. The number of hydrogen-bond acceptors (Lipinski definition) is 3. The Morgan fingerprint density at radius 1 is 1.24 bits per heavy atom. The first kappa shape index (κ1) is 18.6. The number of carbonyl (C=O) groups excluding carboxylic acids is 1. The number of fused-ring (bicyclic) bond motifs is 1. The molecule has 0 aromatic heterocycles. The summed E-state index contributed by atoms with van der Waals surface area (Å²) in [6, 6.07) is 7.51. The first-order valence-electron chi connectivity index (χ1n) is 9.25. The topological polar surface area (TPSA) is 32.8 Å². The van der Waals surface area contributed by atoms with Crippen LogP contribution in [0.4, 0.5) is 10.5 Å². The molecule has 1 saturated carbocycles. The summed E-state index contributed by atoms with van der Waals surface area (Å²) >= 11 is 3.57. The Labute approximate surface area is 159 Å². The summed E-state index contributed by atoms with van der Waals surface area (Å²) in [5.41, 5.74) is 2.41. The van der Waals surface area contributed by atoms with Gasteiger partial charge in [-0.15, -0.1) is 0 Å². The number of carbonyl (C=O) groups is 1. The molecule has 1 aliphatic carbocycles. The fourth-order valence-corrected chi connectivity index (χ4v) is 4.42. The number of amides is 1. The summed E-state index contributed by atoms with van der Waals surface area (Å²) in [5.74, 6) is 0. The van der Waals surface area contributed by atoms with Crippen molar-refractivity contribution in [1.82, 2.24) is 4.90 Å². The molecular weight excluding hydrogens is 380 g/mol. The van der Waals surface area contributed by atoms with Crippen LogP contribution in [0.5, 0.6) is 0 Å². The van der Waals surface area contributed by atoms with Crippen molar-refractivity contribution in [1.29, 1.82) is 0 Å².